The molecule has 94 valence electrons. The third-order valence-electron chi connectivity index (χ3n) is 2.56. The molecule has 18 heavy (non-hydrogen) atoms. The third kappa shape index (κ3) is 1.83. The molecule has 0 unspecified atom stereocenters. The Balaban J connectivity index is 2.35. The third-order valence-corrected chi connectivity index (χ3v) is 2.56. The largest absolute Gasteiger partial charge is 0.481 e. The Morgan fingerprint density at radius 3 is 1.94 bits per heavy atom. The van der Waals surface area contributed by atoms with Crippen LogP contribution in [-0.4, -0.2) is 34.3 Å². The van der Waals surface area contributed by atoms with Crippen molar-refractivity contribution in [2.75, 3.05) is 6.54 Å². The minimum Gasteiger partial charge on any atom is -0.481 e. The lowest BCUT2D eigenvalue weighted by Crippen LogP contribution is -2.31. The van der Waals surface area contributed by atoms with Gasteiger partial charge in [-0.05, 0) is 12.1 Å². The molecule has 1 aliphatic heterocycles. The summed E-state index contributed by atoms with van der Waals surface area (Å²) in [5.41, 5.74) is -0.492. The summed E-state index contributed by atoms with van der Waals surface area (Å²) in [6.07, 6.45) is -0.420. The van der Waals surface area contributed by atoms with Gasteiger partial charge >= 0.3 is 5.97 Å². The summed E-state index contributed by atoms with van der Waals surface area (Å²) in [5, 5.41) is 8.48. The number of carbonyl (C=O) groups is 3. The number of hydrogen-bond donors (Lipinski definition) is 1. The zero-order chi connectivity index (χ0) is 13.4. The lowest BCUT2D eigenvalue weighted by Gasteiger charge is -2.11. The van der Waals surface area contributed by atoms with Gasteiger partial charge in [0.2, 0.25) is 0 Å². The Morgan fingerprint density at radius 2 is 1.56 bits per heavy atom. The first-order valence-corrected chi connectivity index (χ1v) is 4.99. The van der Waals surface area contributed by atoms with Crippen molar-refractivity contribution in [2.24, 2.45) is 0 Å². The van der Waals surface area contributed by atoms with Crippen LogP contribution in [0.5, 0.6) is 0 Å². The maximum Gasteiger partial charge on any atom is 0.305 e. The second-order valence-corrected chi connectivity index (χ2v) is 3.72. The zero-order valence-corrected chi connectivity index (χ0v) is 8.94. The fourth-order valence-electron chi connectivity index (χ4n) is 1.69. The van der Waals surface area contributed by atoms with Crippen molar-refractivity contribution in [3.8, 4) is 0 Å². The number of imide groups is 1. The molecule has 2 rings (SSSR count). The van der Waals surface area contributed by atoms with Gasteiger partial charge in [0.25, 0.3) is 11.8 Å². The van der Waals surface area contributed by atoms with Crippen molar-refractivity contribution in [2.45, 2.75) is 6.42 Å². The summed E-state index contributed by atoms with van der Waals surface area (Å²) < 4.78 is 25.9. The number of benzene rings is 1. The summed E-state index contributed by atoms with van der Waals surface area (Å²) in [7, 11) is 0. The number of hydrogen-bond acceptors (Lipinski definition) is 3. The summed E-state index contributed by atoms with van der Waals surface area (Å²) in [4.78, 5) is 34.5. The highest BCUT2D eigenvalue weighted by Gasteiger charge is 2.36. The van der Waals surface area contributed by atoms with E-state index < -0.39 is 35.8 Å². The average Bonchev–Trinajstić information content (AvgIpc) is 2.51. The first-order chi connectivity index (χ1) is 8.41. The van der Waals surface area contributed by atoms with E-state index in [9.17, 15) is 23.2 Å². The molecule has 0 fully saturated rings. The molecular formula is C11H7F2NO4. The van der Waals surface area contributed by atoms with Crippen LogP contribution in [0.1, 0.15) is 27.1 Å². The van der Waals surface area contributed by atoms with Gasteiger partial charge in [0.15, 0.2) is 11.6 Å². The van der Waals surface area contributed by atoms with Crippen molar-refractivity contribution in [3.05, 3.63) is 34.9 Å². The van der Waals surface area contributed by atoms with Gasteiger partial charge in [0, 0.05) is 6.54 Å². The minimum absolute atomic E-state index is 0.246. The maximum absolute atomic E-state index is 13.0. The number of amides is 2. The van der Waals surface area contributed by atoms with E-state index in [-0.39, 0.29) is 17.7 Å². The molecule has 7 heteroatoms. The number of fused-ring (bicyclic) bond motifs is 1. The smallest absolute Gasteiger partial charge is 0.305 e. The predicted molar refractivity (Wildman–Crippen MR) is 54.0 cm³/mol. The molecule has 1 aliphatic rings. The molecule has 1 N–H and O–H groups in total. The van der Waals surface area contributed by atoms with Crippen LogP contribution < -0.4 is 0 Å². The van der Waals surface area contributed by atoms with E-state index >= 15 is 0 Å². The lowest BCUT2D eigenvalue weighted by atomic mass is 10.1. The average molecular weight is 255 g/mol. The van der Waals surface area contributed by atoms with E-state index in [0.29, 0.717) is 17.0 Å². The normalized spacial score (nSPS) is 14.0. The van der Waals surface area contributed by atoms with Crippen molar-refractivity contribution in [1.82, 2.24) is 4.90 Å². The standard InChI is InChI=1S/C11H7F2NO4/c12-7-3-5-6(4-8(7)13)11(18)14(10(5)17)2-1-9(15)16/h3-4H,1-2H2,(H,15,16). The Kier molecular flexibility index (Phi) is 2.82. The monoisotopic (exact) mass is 255 g/mol. The molecule has 0 radical (unpaired) electrons. The van der Waals surface area contributed by atoms with E-state index in [0.717, 1.165) is 0 Å². The summed E-state index contributed by atoms with van der Waals surface area (Å²) in [5.74, 6) is -5.25. The molecular weight excluding hydrogens is 248 g/mol. The topological polar surface area (TPSA) is 74.7 Å². The molecule has 2 amide bonds. The maximum atomic E-state index is 13.0. The highest BCUT2D eigenvalue weighted by atomic mass is 19.2. The Morgan fingerprint density at radius 1 is 1.11 bits per heavy atom. The molecule has 0 saturated heterocycles. The highest BCUT2D eigenvalue weighted by Crippen LogP contribution is 2.25. The molecule has 1 aromatic rings. The Hall–Kier alpha value is -2.31. The molecule has 1 aromatic carbocycles. The second kappa shape index (κ2) is 4.17. The quantitative estimate of drug-likeness (QED) is 0.819. The molecule has 0 aliphatic carbocycles. The van der Waals surface area contributed by atoms with Crippen molar-refractivity contribution in [1.29, 1.82) is 0 Å². The fourth-order valence-corrected chi connectivity index (χ4v) is 1.69. The van der Waals surface area contributed by atoms with Gasteiger partial charge in [-0.25, -0.2) is 8.78 Å². The van der Waals surface area contributed by atoms with E-state index in [4.69, 9.17) is 5.11 Å². The van der Waals surface area contributed by atoms with Crippen LogP contribution in [0.25, 0.3) is 0 Å². The number of rotatable bonds is 3. The first kappa shape index (κ1) is 12.2. The van der Waals surface area contributed by atoms with E-state index in [1.165, 1.54) is 0 Å². The number of halogens is 2. The van der Waals surface area contributed by atoms with Crippen LogP contribution in [0.3, 0.4) is 0 Å². The molecule has 0 saturated carbocycles. The molecule has 0 atom stereocenters. The van der Waals surface area contributed by atoms with Gasteiger partial charge in [-0.15, -0.1) is 0 Å². The van der Waals surface area contributed by atoms with E-state index in [1.54, 1.807) is 0 Å². The minimum atomic E-state index is -1.23. The van der Waals surface area contributed by atoms with Gasteiger partial charge < -0.3 is 5.11 Å². The number of nitrogens with zero attached hydrogens (tertiary/aromatic N) is 1. The van der Waals surface area contributed by atoms with Crippen LogP contribution in [0, 0.1) is 11.6 Å². The van der Waals surface area contributed by atoms with Crippen LogP contribution in [0.15, 0.2) is 12.1 Å². The molecule has 0 aromatic heterocycles. The number of aliphatic carboxylic acids is 1. The first-order valence-electron chi connectivity index (χ1n) is 4.99. The van der Waals surface area contributed by atoms with Gasteiger partial charge in [0.1, 0.15) is 0 Å². The summed E-state index contributed by atoms with van der Waals surface area (Å²) >= 11 is 0. The van der Waals surface area contributed by atoms with Crippen molar-refractivity contribution in [3.63, 3.8) is 0 Å². The molecule has 0 bridgehead atoms. The Bertz CT molecular complexity index is 529. The SMILES string of the molecule is O=C(O)CCN1C(=O)c2cc(F)c(F)cc2C1=O. The van der Waals surface area contributed by atoms with Crippen LogP contribution in [0.4, 0.5) is 8.78 Å². The van der Waals surface area contributed by atoms with Gasteiger partial charge in [-0.3, -0.25) is 19.3 Å². The predicted octanol–water partition coefficient (Wildman–Crippen LogP) is 1.04. The molecule has 1 heterocycles. The van der Waals surface area contributed by atoms with Gasteiger partial charge in [0.05, 0.1) is 17.5 Å². The van der Waals surface area contributed by atoms with E-state index in [2.05, 4.69) is 0 Å². The van der Waals surface area contributed by atoms with Crippen molar-refractivity contribution < 1.29 is 28.3 Å². The number of carboxylic acid groups (broad SMARTS) is 1. The van der Waals surface area contributed by atoms with Crippen LogP contribution >= 0.6 is 0 Å². The van der Waals surface area contributed by atoms with Gasteiger partial charge in [-0.1, -0.05) is 0 Å². The summed E-state index contributed by atoms with van der Waals surface area (Å²) in [6.45, 7) is -0.328. The van der Waals surface area contributed by atoms with Gasteiger partial charge in [-0.2, -0.15) is 0 Å². The molecule has 0 spiro atoms. The Labute approximate surface area is 99.6 Å². The van der Waals surface area contributed by atoms with E-state index in [1.807, 2.05) is 0 Å². The fraction of sp³-hybridized carbons (Fsp3) is 0.182. The van der Waals surface area contributed by atoms with Crippen molar-refractivity contribution >= 4 is 17.8 Å². The highest BCUT2D eigenvalue weighted by molar-refractivity contribution is 6.21. The second-order valence-electron chi connectivity index (χ2n) is 3.72. The summed E-state index contributed by atoms with van der Waals surface area (Å²) in [6, 6.07) is 1.29. The van der Waals surface area contributed by atoms with Crippen LogP contribution in [0.2, 0.25) is 0 Å². The lowest BCUT2D eigenvalue weighted by molar-refractivity contribution is -0.137. The zero-order valence-electron chi connectivity index (χ0n) is 8.94. The number of carboxylic acids is 1. The number of carbonyl (C=O) groups excluding carboxylic acids is 2. The van der Waals surface area contributed by atoms with Crippen LogP contribution in [-0.2, 0) is 4.79 Å². The molecule has 5 nitrogen and oxygen atoms in total.